The summed E-state index contributed by atoms with van der Waals surface area (Å²) < 4.78 is 0. The Bertz CT molecular complexity index is 938. The number of carboxylic acids is 2. The molecule has 0 aliphatic rings. The van der Waals surface area contributed by atoms with E-state index in [1.54, 1.807) is 0 Å². The number of thiol groups is 1. The number of guanidine groups is 1. The Balaban J connectivity index is 3.06. The number of nitrogens with two attached hydrogens (primary N) is 3. The van der Waals surface area contributed by atoms with Gasteiger partial charge in [-0.2, -0.15) is 12.6 Å². The number of carboxylic acid groups (broad SMARTS) is 2. The van der Waals surface area contributed by atoms with E-state index in [1.807, 2.05) is 0 Å². The average Bonchev–Trinajstić information content (AvgIpc) is 3.30. The third-order valence-corrected chi connectivity index (χ3v) is 5.08. The van der Waals surface area contributed by atoms with E-state index in [2.05, 4.69) is 43.5 Å². The minimum absolute atomic E-state index is 0.0148. The minimum Gasteiger partial charge on any atom is -0.481 e. The van der Waals surface area contributed by atoms with E-state index >= 15 is 0 Å². The van der Waals surface area contributed by atoms with Gasteiger partial charge >= 0.3 is 11.9 Å². The molecule has 4 atom stereocenters. The maximum Gasteiger partial charge on any atom is 0.327 e. The third-order valence-electron chi connectivity index (χ3n) is 4.72. The van der Waals surface area contributed by atoms with Crippen molar-refractivity contribution in [3.8, 4) is 0 Å². The van der Waals surface area contributed by atoms with Gasteiger partial charge in [0.2, 0.25) is 17.7 Å². The van der Waals surface area contributed by atoms with Crippen LogP contribution in [0.25, 0.3) is 0 Å². The number of imidazole rings is 1. The standard InChI is InChI=1S/C19H31N9O7S/c20-10(5-14(29)30)15(31)26-11(2-1-3-24-19(21)22)16(32)27-12(4-9-6-23-8-25-9)17(33)28-13(7-36)18(34)35/h6,8,10-13,36H,1-5,7,20H2,(H,23,25)(H,26,31)(H,27,32)(H,28,33)(H,29,30)(H,34,35)(H4,21,22,24). The molecular formula is C19H31N9O7S. The summed E-state index contributed by atoms with van der Waals surface area (Å²) in [6.07, 6.45) is 2.28. The first kappa shape index (κ1) is 30.2. The first-order chi connectivity index (χ1) is 16.9. The largest absolute Gasteiger partial charge is 0.481 e. The maximum absolute atomic E-state index is 13.1. The molecule has 17 heteroatoms. The molecule has 0 radical (unpaired) electrons. The highest BCUT2D eigenvalue weighted by Crippen LogP contribution is 2.05. The van der Waals surface area contributed by atoms with E-state index in [-0.39, 0.29) is 37.5 Å². The molecule has 0 aliphatic carbocycles. The van der Waals surface area contributed by atoms with Crippen LogP contribution in [0.15, 0.2) is 17.5 Å². The maximum atomic E-state index is 13.1. The molecule has 1 aromatic heterocycles. The number of aliphatic carboxylic acids is 2. The van der Waals surface area contributed by atoms with Gasteiger partial charge in [-0.05, 0) is 12.8 Å². The van der Waals surface area contributed by atoms with Gasteiger partial charge in [-0.15, -0.1) is 0 Å². The number of nitrogens with one attached hydrogen (secondary N) is 4. The molecule has 0 saturated heterocycles. The highest BCUT2D eigenvalue weighted by atomic mass is 32.1. The molecule has 0 spiro atoms. The molecule has 1 rings (SSSR count). The van der Waals surface area contributed by atoms with Gasteiger partial charge < -0.3 is 48.3 Å². The van der Waals surface area contributed by atoms with Crippen LogP contribution >= 0.6 is 12.6 Å². The number of nitrogens with zero attached hydrogens (tertiary/aromatic N) is 2. The van der Waals surface area contributed by atoms with Crippen molar-refractivity contribution in [1.82, 2.24) is 25.9 Å². The van der Waals surface area contributed by atoms with E-state index in [0.717, 1.165) is 0 Å². The van der Waals surface area contributed by atoms with Crippen LogP contribution in [-0.4, -0.2) is 92.3 Å². The second-order valence-electron chi connectivity index (χ2n) is 7.64. The van der Waals surface area contributed by atoms with Crippen molar-refractivity contribution in [2.45, 2.75) is 49.9 Å². The number of amides is 3. The highest BCUT2D eigenvalue weighted by molar-refractivity contribution is 7.80. The van der Waals surface area contributed by atoms with Gasteiger partial charge in [0.05, 0.1) is 18.8 Å². The number of aliphatic imine (C=N–C) groups is 1. The number of aromatic nitrogens is 2. The normalized spacial score (nSPS) is 13.9. The van der Waals surface area contributed by atoms with Crippen LogP contribution in [0.2, 0.25) is 0 Å². The Hall–Kier alpha value is -3.86. The summed E-state index contributed by atoms with van der Waals surface area (Å²) in [6, 6.07) is -5.23. The molecule has 4 unspecified atom stereocenters. The van der Waals surface area contributed by atoms with Gasteiger partial charge in [-0.25, -0.2) is 9.78 Å². The Morgan fingerprint density at radius 3 is 2.17 bits per heavy atom. The van der Waals surface area contributed by atoms with Gasteiger partial charge in [0.25, 0.3) is 0 Å². The molecular weight excluding hydrogens is 498 g/mol. The monoisotopic (exact) mass is 529 g/mol. The van der Waals surface area contributed by atoms with Crippen LogP contribution in [0.1, 0.15) is 25.0 Å². The van der Waals surface area contributed by atoms with Crippen molar-refractivity contribution in [3.63, 3.8) is 0 Å². The Kier molecular flexibility index (Phi) is 12.7. The van der Waals surface area contributed by atoms with Gasteiger partial charge in [-0.1, -0.05) is 0 Å². The fourth-order valence-electron chi connectivity index (χ4n) is 2.89. The van der Waals surface area contributed by atoms with Crippen molar-refractivity contribution in [3.05, 3.63) is 18.2 Å². The second-order valence-corrected chi connectivity index (χ2v) is 8.00. The van der Waals surface area contributed by atoms with Crippen molar-refractivity contribution < 1.29 is 34.2 Å². The molecule has 200 valence electrons. The number of hydrogen-bond acceptors (Lipinski definition) is 9. The first-order valence-corrected chi connectivity index (χ1v) is 11.3. The fraction of sp³-hybridized carbons (Fsp3) is 0.526. The van der Waals surface area contributed by atoms with Crippen LogP contribution in [0.5, 0.6) is 0 Å². The number of hydrogen-bond donors (Lipinski definition) is 10. The summed E-state index contributed by atoms with van der Waals surface area (Å²) in [7, 11) is 0. The molecule has 1 heterocycles. The van der Waals surface area contributed by atoms with Crippen molar-refractivity contribution >= 4 is 48.2 Å². The molecule has 3 amide bonds. The fourth-order valence-corrected chi connectivity index (χ4v) is 3.14. The predicted molar refractivity (Wildman–Crippen MR) is 130 cm³/mol. The van der Waals surface area contributed by atoms with E-state index < -0.39 is 60.2 Å². The van der Waals surface area contributed by atoms with E-state index in [0.29, 0.717) is 5.69 Å². The Morgan fingerprint density at radius 2 is 1.64 bits per heavy atom. The summed E-state index contributed by atoms with van der Waals surface area (Å²) >= 11 is 3.90. The van der Waals surface area contributed by atoms with E-state index in [4.69, 9.17) is 22.3 Å². The summed E-state index contributed by atoms with van der Waals surface area (Å²) in [5.41, 5.74) is 16.6. The van der Waals surface area contributed by atoms with Crippen molar-refractivity contribution in [1.29, 1.82) is 0 Å². The molecule has 16 nitrogen and oxygen atoms in total. The summed E-state index contributed by atoms with van der Waals surface area (Å²) in [5, 5.41) is 25.2. The summed E-state index contributed by atoms with van der Waals surface area (Å²) in [5.74, 6) is -5.49. The molecule has 0 fully saturated rings. The lowest BCUT2D eigenvalue weighted by molar-refractivity contribution is -0.141. The van der Waals surface area contributed by atoms with Gasteiger partial charge in [0.15, 0.2) is 5.96 Å². The summed E-state index contributed by atoms with van der Waals surface area (Å²) in [4.78, 5) is 70.8. The second kappa shape index (κ2) is 15.2. The van der Waals surface area contributed by atoms with Crippen LogP contribution < -0.4 is 33.2 Å². The molecule has 12 N–H and O–H groups in total. The lowest BCUT2D eigenvalue weighted by Crippen LogP contribution is -2.58. The van der Waals surface area contributed by atoms with Crippen molar-refractivity contribution in [2.75, 3.05) is 12.3 Å². The molecule has 0 saturated carbocycles. The van der Waals surface area contributed by atoms with E-state index in [9.17, 15) is 29.1 Å². The molecule has 0 aliphatic heterocycles. The van der Waals surface area contributed by atoms with Crippen molar-refractivity contribution in [2.24, 2.45) is 22.2 Å². The lowest BCUT2D eigenvalue weighted by atomic mass is 10.1. The predicted octanol–water partition coefficient (Wildman–Crippen LogP) is -3.72. The summed E-state index contributed by atoms with van der Waals surface area (Å²) in [6.45, 7) is 0.128. The van der Waals surface area contributed by atoms with Crippen LogP contribution in [0.3, 0.4) is 0 Å². The van der Waals surface area contributed by atoms with Gasteiger partial charge in [0, 0.05) is 30.6 Å². The average molecular weight is 530 g/mol. The number of H-pyrrole nitrogens is 1. The SMILES string of the molecule is NC(N)=NCCCC(NC(=O)C(N)CC(=O)O)C(=O)NC(Cc1cnc[nH]1)C(=O)NC(CS)C(=O)O. The molecule has 36 heavy (non-hydrogen) atoms. The number of aromatic amines is 1. The molecule has 0 aromatic carbocycles. The van der Waals surface area contributed by atoms with E-state index in [1.165, 1.54) is 12.5 Å². The smallest absolute Gasteiger partial charge is 0.327 e. The zero-order valence-electron chi connectivity index (χ0n) is 19.2. The Morgan fingerprint density at radius 1 is 1.03 bits per heavy atom. The zero-order valence-corrected chi connectivity index (χ0v) is 20.1. The van der Waals surface area contributed by atoms with Gasteiger partial charge in [-0.3, -0.25) is 24.2 Å². The van der Waals surface area contributed by atoms with Gasteiger partial charge in [0.1, 0.15) is 18.1 Å². The number of rotatable bonds is 16. The topological polar surface area (TPSA) is 281 Å². The first-order valence-electron chi connectivity index (χ1n) is 10.7. The molecule has 1 aromatic rings. The van der Waals surface area contributed by atoms with Crippen LogP contribution in [0.4, 0.5) is 0 Å². The van der Waals surface area contributed by atoms with Crippen LogP contribution in [-0.2, 0) is 30.4 Å². The Labute approximate surface area is 211 Å². The minimum atomic E-state index is -1.42. The number of carbonyl (C=O) groups excluding carboxylic acids is 3. The quantitative estimate of drug-likeness (QED) is 0.0430. The highest BCUT2D eigenvalue weighted by Gasteiger charge is 2.30. The zero-order chi connectivity index (χ0) is 27.3. The third kappa shape index (κ3) is 11.0. The number of carbonyl (C=O) groups is 5. The molecule has 0 bridgehead atoms. The lowest BCUT2D eigenvalue weighted by Gasteiger charge is -2.24. The van der Waals surface area contributed by atoms with Crippen LogP contribution in [0, 0.1) is 0 Å².